The summed E-state index contributed by atoms with van der Waals surface area (Å²) in [5.41, 5.74) is 0.692. The third-order valence-electron chi connectivity index (χ3n) is 3.64. The zero-order chi connectivity index (χ0) is 17.3. The van der Waals surface area contributed by atoms with Gasteiger partial charge in [-0.1, -0.05) is 39.0 Å². The Kier molecular flexibility index (Phi) is 4.71. The van der Waals surface area contributed by atoms with Crippen LogP contribution >= 0.6 is 0 Å². The molecule has 0 heterocycles. The van der Waals surface area contributed by atoms with Crippen LogP contribution in [0.25, 0.3) is 0 Å². The molecular formula is C18H22O4S. The summed E-state index contributed by atoms with van der Waals surface area (Å²) in [6, 6.07) is 11.6. The van der Waals surface area contributed by atoms with Gasteiger partial charge in [0.1, 0.15) is 16.4 Å². The van der Waals surface area contributed by atoms with Gasteiger partial charge in [0, 0.05) is 11.6 Å². The van der Waals surface area contributed by atoms with Crippen LogP contribution in [0, 0.1) is 0 Å². The Bertz CT molecular complexity index is 788. The van der Waals surface area contributed by atoms with E-state index < -0.39 is 9.84 Å². The Balaban J connectivity index is 2.73. The van der Waals surface area contributed by atoms with Crippen molar-refractivity contribution < 1.29 is 17.9 Å². The Morgan fingerprint density at radius 3 is 1.91 bits per heavy atom. The fraction of sp³-hybridized carbons (Fsp3) is 0.333. The smallest absolute Gasteiger partial charge is 0.210 e. The summed E-state index contributed by atoms with van der Waals surface area (Å²) < 4.78 is 36.6. The van der Waals surface area contributed by atoms with Crippen LogP contribution in [-0.4, -0.2) is 22.6 Å². The first-order valence-electron chi connectivity index (χ1n) is 7.28. The summed E-state index contributed by atoms with van der Waals surface area (Å²) in [5.74, 6) is 0.854. The molecule has 0 aliphatic carbocycles. The number of methoxy groups -OCH3 is 2. The van der Waals surface area contributed by atoms with Gasteiger partial charge in [0.2, 0.25) is 9.84 Å². The van der Waals surface area contributed by atoms with Crippen LogP contribution in [0.15, 0.2) is 52.3 Å². The van der Waals surface area contributed by atoms with Gasteiger partial charge in [0.05, 0.1) is 19.1 Å². The molecule has 5 heteroatoms. The van der Waals surface area contributed by atoms with Crippen molar-refractivity contribution in [1.82, 2.24) is 0 Å². The van der Waals surface area contributed by atoms with E-state index in [9.17, 15) is 8.42 Å². The fourth-order valence-corrected chi connectivity index (χ4v) is 3.83. The first-order chi connectivity index (χ1) is 10.7. The normalized spacial score (nSPS) is 12.0. The summed E-state index contributed by atoms with van der Waals surface area (Å²) in [5, 5.41) is 0. The van der Waals surface area contributed by atoms with E-state index in [0.29, 0.717) is 11.5 Å². The van der Waals surface area contributed by atoms with E-state index in [-0.39, 0.29) is 15.2 Å². The molecular weight excluding hydrogens is 312 g/mol. The highest BCUT2D eigenvalue weighted by molar-refractivity contribution is 7.91. The van der Waals surface area contributed by atoms with Gasteiger partial charge in [-0.25, -0.2) is 8.42 Å². The number of hydrogen-bond acceptors (Lipinski definition) is 4. The van der Waals surface area contributed by atoms with Crippen LogP contribution in [0.3, 0.4) is 0 Å². The largest absolute Gasteiger partial charge is 0.496 e. The zero-order valence-electron chi connectivity index (χ0n) is 14.1. The summed E-state index contributed by atoms with van der Waals surface area (Å²) in [7, 11) is -0.673. The Hall–Kier alpha value is -2.01. The molecule has 0 radical (unpaired) electrons. The Labute approximate surface area is 138 Å². The number of ether oxygens (including phenoxy) is 2. The average molecular weight is 334 g/mol. The van der Waals surface area contributed by atoms with Crippen molar-refractivity contribution in [2.24, 2.45) is 0 Å². The Morgan fingerprint density at radius 1 is 0.870 bits per heavy atom. The molecule has 124 valence electrons. The van der Waals surface area contributed by atoms with Crippen molar-refractivity contribution in [3.8, 4) is 11.5 Å². The van der Waals surface area contributed by atoms with Gasteiger partial charge < -0.3 is 9.47 Å². The molecule has 0 bridgehead atoms. The van der Waals surface area contributed by atoms with Crippen LogP contribution in [0.4, 0.5) is 0 Å². The molecule has 0 aliphatic rings. The van der Waals surface area contributed by atoms with Gasteiger partial charge in [-0.05, 0) is 23.6 Å². The maximum atomic E-state index is 12.9. The van der Waals surface area contributed by atoms with Gasteiger partial charge in [0.15, 0.2) is 0 Å². The molecule has 0 aliphatic heterocycles. The van der Waals surface area contributed by atoms with E-state index in [1.165, 1.54) is 14.2 Å². The topological polar surface area (TPSA) is 52.6 Å². The number of rotatable bonds is 4. The predicted molar refractivity (Wildman–Crippen MR) is 90.1 cm³/mol. The molecule has 0 saturated heterocycles. The summed E-state index contributed by atoms with van der Waals surface area (Å²) >= 11 is 0. The molecule has 0 aromatic heterocycles. The molecule has 2 aromatic carbocycles. The number of hydrogen-bond donors (Lipinski definition) is 0. The van der Waals surface area contributed by atoms with Crippen LogP contribution in [0.2, 0.25) is 0 Å². The van der Waals surface area contributed by atoms with Crippen LogP contribution < -0.4 is 9.47 Å². The second-order valence-electron chi connectivity index (χ2n) is 6.27. The van der Waals surface area contributed by atoms with Gasteiger partial charge >= 0.3 is 0 Å². The van der Waals surface area contributed by atoms with Gasteiger partial charge in [0.25, 0.3) is 0 Å². The summed E-state index contributed by atoms with van der Waals surface area (Å²) in [6.45, 7) is 6.11. The quantitative estimate of drug-likeness (QED) is 0.852. The molecule has 4 nitrogen and oxygen atoms in total. The maximum absolute atomic E-state index is 12.9. The third-order valence-corrected chi connectivity index (χ3v) is 5.43. The van der Waals surface area contributed by atoms with Crippen molar-refractivity contribution >= 4 is 9.84 Å². The highest BCUT2D eigenvalue weighted by Crippen LogP contribution is 2.40. The minimum atomic E-state index is -3.68. The molecule has 2 aromatic rings. The molecule has 0 spiro atoms. The van der Waals surface area contributed by atoms with Crippen LogP contribution in [0.5, 0.6) is 11.5 Å². The Morgan fingerprint density at radius 2 is 1.43 bits per heavy atom. The second kappa shape index (κ2) is 6.24. The molecule has 0 N–H and O–H groups in total. The van der Waals surface area contributed by atoms with E-state index in [2.05, 4.69) is 0 Å². The molecule has 0 atom stereocenters. The van der Waals surface area contributed by atoms with Gasteiger partial charge in [-0.15, -0.1) is 0 Å². The third kappa shape index (κ3) is 3.34. The van der Waals surface area contributed by atoms with Crippen molar-refractivity contribution in [3.63, 3.8) is 0 Å². The lowest BCUT2D eigenvalue weighted by molar-refractivity contribution is 0.379. The lowest BCUT2D eigenvalue weighted by atomic mass is 9.86. The first-order valence-corrected chi connectivity index (χ1v) is 8.76. The van der Waals surface area contributed by atoms with E-state index in [0.717, 1.165) is 5.56 Å². The van der Waals surface area contributed by atoms with E-state index >= 15 is 0 Å². The molecule has 0 saturated carbocycles. The van der Waals surface area contributed by atoms with E-state index in [4.69, 9.17) is 9.47 Å². The van der Waals surface area contributed by atoms with Gasteiger partial charge in [-0.3, -0.25) is 0 Å². The number of benzene rings is 2. The van der Waals surface area contributed by atoms with Gasteiger partial charge in [-0.2, -0.15) is 0 Å². The number of sulfone groups is 1. The lowest BCUT2D eigenvalue weighted by Crippen LogP contribution is -2.14. The molecule has 23 heavy (non-hydrogen) atoms. The maximum Gasteiger partial charge on any atom is 0.210 e. The summed E-state index contributed by atoms with van der Waals surface area (Å²) in [4.78, 5) is 0.333. The monoisotopic (exact) mass is 334 g/mol. The minimum absolute atomic E-state index is 0.107. The molecule has 0 fully saturated rings. The predicted octanol–water partition coefficient (Wildman–Crippen LogP) is 3.83. The van der Waals surface area contributed by atoms with Crippen molar-refractivity contribution in [1.29, 1.82) is 0 Å². The second-order valence-corrected chi connectivity index (χ2v) is 8.19. The standard InChI is InChI=1S/C18H22O4S/c1-18(2,3)14-11-16(22-5)17(12-15(14)21-4)23(19,20)13-9-7-6-8-10-13/h6-12H,1-5H3. The highest BCUT2D eigenvalue weighted by Gasteiger charge is 2.27. The SMILES string of the molecule is COc1cc(S(=O)(=O)c2ccccc2)c(OC)cc1C(C)(C)C. The van der Waals surface area contributed by atoms with Crippen molar-refractivity contribution in [2.75, 3.05) is 14.2 Å². The summed E-state index contributed by atoms with van der Waals surface area (Å²) in [6.07, 6.45) is 0. The zero-order valence-corrected chi connectivity index (χ0v) is 14.9. The van der Waals surface area contributed by atoms with Crippen LogP contribution in [0.1, 0.15) is 26.3 Å². The van der Waals surface area contributed by atoms with Crippen LogP contribution in [-0.2, 0) is 15.3 Å². The van der Waals surface area contributed by atoms with E-state index in [1.807, 2.05) is 20.8 Å². The minimum Gasteiger partial charge on any atom is -0.496 e. The highest BCUT2D eigenvalue weighted by atomic mass is 32.2. The first kappa shape index (κ1) is 17.3. The van der Waals surface area contributed by atoms with Crippen molar-refractivity contribution in [2.45, 2.75) is 36.0 Å². The average Bonchev–Trinajstić information content (AvgIpc) is 2.53. The molecule has 2 rings (SSSR count). The van der Waals surface area contributed by atoms with Crippen molar-refractivity contribution in [3.05, 3.63) is 48.0 Å². The lowest BCUT2D eigenvalue weighted by Gasteiger charge is -2.24. The molecule has 0 amide bonds. The molecule has 0 unspecified atom stereocenters. The van der Waals surface area contributed by atoms with E-state index in [1.54, 1.807) is 42.5 Å². The fourth-order valence-electron chi connectivity index (χ4n) is 2.39.